The first-order valence-electron chi connectivity index (χ1n) is 5.07. The summed E-state index contributed by atoms with van der Waals surface area (Å²) in [6.07, 6.45) is 1.65. The fourth-order valence-electron chi connectivity index (χ4n) is 1.08. The van der Waals surface area contributed by atoms with Crippen molar-refractivity contribution < 1.29 is 9.84 Å². The van der Waals surface area contributed by atoms with Crippen molar-refractivity contribution in [1.82, 2.24) is 4.98 Å². The van der Waals surface area contributed by atoms with Crippen LogP contribution in [0, 0.1) is 0 Å². The van der Waals surface area contributed by atoms with Crippen molar-refractivity contribution in [2.24, 2.45) is 0 Å². The maximum absolute atomic E-state index is 9.04. The van der Waals surface area contributed by atoms with E-state index in [0.717, 1.165) is 12.4 Å². The molecule has 0 saturated carbocycles. The number of ether oxygens (including phenoxy) is 1. The zero-order valence-electron chi connectivity index (χ0n) is 9.45. The second kappa shape index (κ2) is 4.98. The number of nitrogens with one attached hydrogen (secondary N) is 1. The van der Waals surface area contributed by atoms with Gasteiger partial charge < -0.3 is 15.2 Å². The van der Waals surface area contributed by atoms with Gasteiger partial charge in [0, 0.05) is 6.54 Å². The van der Waals surface area contributed by atoms with Crippen molar-refractivity contribution in [2.45, 2.75) is 26.4 Å². The van der Waals surface area contributed by atoms with Crippen LogP contribution in [0.2, 0.25) is 0 Å². The molecule has 0 spiro atoms. The van der Waals surface area contributed by atoms with Gasteiger partial charge in [-0.25, -0.2) is 4.98 Å². The lowest BCUT2D eigenvalue weighted by Crippen LogP contribution is -2.32. The van der Waals surface area contributed by atoms with Crippen molar-refractivity contribution in [3.8, 4) is 5.75 Å². The van der Waals surface area contributed by atoms with Gasteiger partial charge in [-0.05, 0) is 32.9 Å². The van der Waals surface area contributed by atoms with Gasteiger partial charge in [0.05, 0.1) is 12.8 Å². The van der Waals surface area contributed by atoms with Crippen LogP contribution in [0.4, 0.5) is 5.82 Å². The van der Waals surface area contributed by atoms with E-state index in [2.05, 4.69) is 10.3 Å². The highest BCUT2D eigenvalue weighted by atomic mass is 16.5. The third-order valence-electron chi connectivity index (χ3n) is 1.87. The second-order valence-corrected chi connectivity index (χ2v) is 3.93. The lowest BCUT2D eigenvalue weighted by Gasteiger charge is -2.23. The topological polar surface area (TPSA) is 54.4 Å². The Hall–Kier alpha value is -1.29. The first kappa shape index (κ1) is 11.8. The molecule has 0 fully saturated rings. The summed E-state index contributed by atoms with van der Waals surface area (Å²) >= 11 is 0. The van der Waals surface area contributed by atoms with E-state index >= 15 is 0 Å². The number of pyridine rings is 1. The largest absolute Gasteiger partial charge is 0.484 e. The smallest absolute Gasteiger partial charge is 0.138 e. The van der Waals surface area contributed by atoms with E-state index < -0.39 is 5.60 Å². The van der Waals surface area contributed by atoms with Gasteiger partial charge in [0.15, 0.2) is 0 Å². The minimum Gasteiger partial charge on any atom is -0.484 e. The Morgan fingerprint density at radius 2 is 2.20 bits per heavy atom. The Morgan fingerprint density at radius 3 is 2.67 bits per heavy atom. The average Bonchev–Trinajstić information content (AvgIpc) is 2.21. The Labute approximate surface area is 90.3 Å². The molecule has 1 heterocycles. The molecular weight excluding hydrogens is 192 g/mol. The van der Waals surface area contributed by atoms with E-state index in [9.17, 15) is 0 Å². The van der Waals surface area contributed by atoms with Gasteiger partial charge in [-0.3, -0.25) is 0 Å². The molecule has 1 aromatic rings. The van der Waals surface area contributed by atoms with Crippen molar-refractivity contribution in [3.05, 3.63) is 18.3 Å². The van der Waals surface area contributed by atoms with Crippen molar-refractivity contribution in [3.63, 3.8) is 0 Å². The number of rotatable bonds is 5. The van der Waals surface area contributed by atoms with Gasteiger partial charge in [0.1, 0.15) is 17.2 Å². The van der Waals surface area contributed by atoms with E-state index in [1.165, 1.54) is 0 Å². The average molecular weight is 210 g/mol. The lowest BCUT2D eigenvalue weighted by atomic mass is 10.1. The summed E-state index contributed by atoms with van der Waals surface area (Å²) in [4.78, 5) is 4.17. The maximum atomic E-state index is 9.04. The minimum absolute atomic E-state index is 0.0258. The van der Waals surface area contributed by atoms with Gasteiger partial charge in [-0.2, -0.15) is 0 Å². The quantitative estimate of drug-likeness (QED) is 0.776. The number of aliphatic hydroxyl groups excluding tert-OH is 1. The van der Waals surface area contributed by atoms with Crippen LogP contribution in [0.1, 0.15) is 20.8 Å². The van der Waals surface area contributed by atoms with E-state index in [1.54, 1.807) is 6.20 Å². The molecule has 2 N–H and O–H groups in total. The first-order chi connectivity index (χ1) is 7.07. The standard InChI is InChI=1S/C11H18N2O2/c1-4-12-10-6-5-9(7-13-10)15-11(2,3)8-14/h5-7,14H,4,8H2,1-3H3,(H,12,13). The third-order valence-corrected chi connectivity index (χ3v) is 1.87. The number of nitrogens with zero attached hydrogens (tertiary/aromatic N) is 1. The monoisotopic (exact) mass is 210 g/mol. The molecule has 0 atom stereocenters. The Balaban J connectivity index is 2.64. The summed E-state index contributed by atoms with van der Waals surface area (Å²) in [5.74, 6) is 1.49. The van der Waals surface area contributed by atoms with Crippen molar-refractivity contribution in [2.75, 3.05) is 18.5 Å². The van der Waals surface area contributed by atoms with Crippen molar-refractivity contribution in [1.29, 1.82) is 0 Å². The lowest BCUT2D eigenvalue weighted by molar-refractivity contribution is 0.0409. The summed E-state index contributed by atoms with van der Waals surface area (Å²) in [7, 11) is 0. The zero-order chi connectivity index (χ0) is 11.3. The van der Waals surface area contributed by atoms with Crippen LogP contribution in [0.3, 0.4) is 0 Å². The molecular formula is C11H18N2O2. The van der Waals surface area contributed by atoms with Crippen molar-refractivity contribution >= 4 is 5.82 Å². The molecule has 4 heteroatoms. The van der Waals surface area contributed by atoms with E-state index in [0.29, 0.717) is 5.75 Å². The van der Waals surface area contributed by atoms with Gasteiger partial charge >= 0.3 is 0 Å². The first-order valence-corrected chi connectivity index (χ1v) is 5.07. The van der Waals surface area contributed by atoms with Crippen LogP contribution in [-0.4, -0.2) is 28.8 Å². The fourth-order valence-corrected chi connectivity index (χ4v) is 1.08. The van der Waals surface area contributed by atoms with E-state index in [-0.39, 0.29) is 6.61 Å². The Bertz CT molecular complexity index is 296. The molecule has 15 heavy (non-hydrogen) atoms. The van der Waals surface area contributed by atoms with Crippen LogP contribution >= 0.6 is 0 Å². The number of aliphatic hydroxyl groups is 1. The molecule has 0 aromatic carbocycles. The molecule has 84 valence electrons. The number of hydrogen-bond donors (Lipinski definition) is 2. The van der Waals surface area contributed by atoms with Crippen LogP contribution < -0.4 is 10.1 Å². The SMILES string of the molecule is CCNc1ccc(OC(C)(C)CO)cn1. The summed E-state index contributed by atoms with van der Waals surface area (Å²) in [5.41, 5.74) is -0.568. The third kappa shape index (κ3) is 3.75. The van der Waals surface area contributed by atoms with Gasteiger partial charge in [0.25, 0.3) is 0 Å². The number of anilines is 1. The summed E-state index contributed by atoms with van der Waals surface area (Å²) in [6, 6.07) is 3.69. The Kier molecular flexibility index (Phi) is 3.91. The van der Waals surface area contributed by atoms with Crippen LogP contribution in [0.15, 0.2) is 18.3 Å². The molecule has 0 aliphatic heterocycles. The molecule has 0 radical (unpaired) electrons. The van der Waals surface area contributed by atoms with Gasteiger partial charge in [-0.1, -0.05) is 0 Å². The second-order valence-electron chi connectivity index (χ2n) is 3.93. The fraction of sp³-hybridized carbons (Fsp3) is 0.545. The van der Waals surface area contributed by atoms with E-state index in [4.69, 9.17) is 9.84 Å². The summed E-state index contributed by atoms with van der Waals surface area (Å²) in [5, 5.41) is 12.1. The molecule has 0 aliphatic carbocycles. The number of hydrogen-bond acceptors (Lipinski definition) is 4. The molecule has 4 nitrogen and oxygen atoms in total. The molecule has 0 amide bonds. The van der Waals surface area contributed by atoms with Gasteiger partial charge in [-0.15, -0.1) is 0 Å². The maximum Gasteiger partial charge on any atom is 0.138 e. The molecule has 0 bridgehead atoms. The van der Waals surface area contributed by atoms with Crippen LogP contribution in [0.25, 0.3) is 0 Å². The van der Waals surface area contributed by atoms with Gasteiger partial charge in [0.2, 0.25) is 0 Å². The molecule has 1 aromatic heterocycles. The molecule has 0 saturated heterocycles. The normalized spacial score (nSPS) is 11.2. The molecule has 0 aliphatic rings. The Morgan fingerprint density at radius 1 is 1.47 bits per heavy atom. The molecule has 0 unspecified atom stereocenters. The highest BCUT2D eigenvalue weighted by Gasteiger charge is 2.18. The number of aromatic nitrogens is 1. The van der Waals surface area contributed by atoms with Crippen LogP contribution in [-0.2, 0) is 0 Å². The summed E-state index contributed by atoms with van der Waals surface area (Å²) < 4.78 is 5.54. The van der Waals surface area contributed by atoms with Crippen LogP contribution in [0.5, 0.6) is 5.75 Å². The predicted molar refractivity (Wildman–Crippen MR) is 60.2 cm³/mol. The predicted octanol–water partition coefficient (Wildman–Crippen LogP) is 1.66. The highest BCUT2D eigenvalue weighted by Crippen LogP contribution is 2.18. The summed E-state index contributed by atoms with van der Waals surface area (Å²) in [6.45, 7) is 6.48. The molecule has 1 rings (SSSR count). The minimum atomic E-state index is -0.568. The highest BCUT2D eigenvalue weighted by molar-refractivity contribution is 5.37. The van der Waals surface area contributed by atoms with E-state index in [1.807, 2.05) is 32.9 Å². The zero-order valence-corrected chi connectivity index (χ0v) is 9.45.